The molecule has 1 saturated heterocycles. The zero-order valence-electron chi connectivity index (χ0n) is 18.1. The number of aromatic amines is 1. The molecule has 172 valence electrons. The lowest BCUT2D eigenvalue weighted by molar-refractivity contribution is -0.384. The number of hydrogen-bond acceptors (Lipinski definition) is 7. The Labute approximate surface area is 193 Å². The lowest BCUT2D eigenvalue weighted by Crippen LogP contribution is -2.40. The SMILES string of the molecule is O=C(c1ccc([N+](=O)[O-])cc1)N1CCC[C@@H](c2nc3c(nnn3Cc3ccccc3)c(=O)[nH]2)C1. The van der Waals surface area contributed by atoms with Crippen LogP contribution in [0.25, 0.3) is 11.2 Å². The molecule has 0 spiro atoms. The fraction of sp³-hybridized carbons (Fsp3) is 0.261. The third-order valence-electron chi connectivity index (χ3n) is 5.99. The lowest BCUT2D eigenvalue weighted by Gasteiger charge is -2.32. The molecule has 0 saturated carbocycles. The van der Waals surface area contributed by atoms with E-state index < -0.39 is 4.92 Å². The van der Waals surface area contributed by atoms with Gasteiger partial charge in [0.15, 0.2) is 11.2 Å². The molecule has 2 aromatic heterocycles. The van der Waals surface area contributed by atoms with E-state index in [-0.39, 0.29) is 28.6 Å². The summed E-state index contributed by atoms with van der Waals surface area (Å²) in [6.45, 7) is 1.37. The number of nitro groups is 1. The molecule has 11 heteroatoms. The van der Waals surface area contributed by atoms with Crippen molar-refractivity contribution >= 4 is 22.8 Å². The molecule has 1 aliphatic heterocycles. The van der Waals surface area contributed by atoms with Gasteiger partial charge in [0.05, 0.1) is 11.5 Å². The Kier molecular flexibility index (Phi) is 5.58. The number of amides is 1. The van der Waals surface area contributed by atoms with Crippen molar-refractivity contribution in [1.82, 2.24) is 29.9 Å². The number of benzene rings is 2. The smallest absolute Gasteiger partial charge is 0.281 e. The second-order valence-electron chi connectivity index (χ2n) is 8.25. The fourth-order valence-electron chi connectivity index (χ4n) is 4.23. The highest BCUT2D eigenvalue weighted by atomic mass is 16.6. The van der Waals surface area contributed by atoms with E-state index in [1.807, 2.05) is 30.3 Å². The summed E-state index contributed by atoms with van der Waals surface area (Å²) < 4.78 is 1.60. The molecule has 3 heterocycles. The summed E-state index contributed by atoms with van der Waals surface area (Å²) in [7, 11) is 0. The summed E-state index contributed by atoms with van der Waals surface area (Å²) in [4.78, 5) is 45.3. The minimum Gasteiger partial charge on any atom is -0.338 e. The van der Waals surface area contributed by atoms with Crippen molar-refractivity contribution in [3.63, 3.8) is 0 Å². The first-order valence-corrected chi connectivity index (χ1v) is 10.9. The lowest BCUT2D eigenvalue weighted by atomic mass is 9.96. The van der Waals surface area contributed by atoms with Gasteiger partial charge in [-0.25, -0.2) is 9.67 Å². The number of piperidine rings is 1. The Morgan fingerprint density at radius 2 is 1.91 bits per heavy atom. The van der Waals surface area contributed by atoms with Crippen LogP contribution >= 0.6 is 0 Å². The van der Waals surface area contributed by atoms with Crippen molar-refractivity contribution in [2.75, 3.05) is 13.1 Å². The molecule has 1 aliphatic rings. The zero-order chi connectivity index (χ0) is 23.7. The van der Waals surface area contributed by atoms with Gasteiger partial charge in [-0.05, 0) is 30.5 Å². The Morgan fingerprint density at radius 1 is 1.15 bits per heavy atom. The molecule has 0 aliphatic carbocycles. The maximum absolute atomic E-state index is 13.0. The van der Waals surface area contributed by atoms with E-state index in [1.54, 1.807) is 9.58 Å². The van der Waals surface area contributed by atoms with E-state index in [1.165, 1.54) is 24.3 Å². The quantitative estimate of drug-likeness (QED) is 0.357. The van der Waals surface area contributed by atoms with Crippen LogP contribution in [-0.2, 0) is 6.54 Å². The van der Waals surface area contributed by atoms with Crippen LogP contribution in [-0.4, -0.2) is 53.8 Å². The van der Waals surface area contributed by atoms with Crippen molar-refractivity contribution in [2.45, 2.75) is 25.3 Å². The summed E-state index contributed by atoms with van der Waals surface area (Å²) in [5.41, 5.74) is 1.54. The highest BCUT2D eigenvalue weighted by Crippen LogP contribution is 2.26. The number of rotatable bonds is 5. The van der Waals surface area contributed by atoms with Crippen LogP contribution in [0, 0.1) is 10.1 Å². The molecule has 5 rings (SSSR count). The number of nitrogens with one attached hydrogen (secondary N) is 1. The second-order valence-corrected chi connectivity index (χ2v) is 8.25. The van der Waals surface area contributed by atoms with Crippen LogP contribution in [0.2, 0.25) is 0 Å². The molecule has 0 radical (unpaired) electrons. The van der Waals surface area contributed by atoms with E-state index >= 15 is 0 Å². The number of nitrogens with zero attached hydrogens (tertiary/aromatic N) is 6. The Morgan fingerprint density at radius 3 is 2.65 bits per heavy atom. The van der Waals surface area contributed by atoms with Gasteiger partial charge >= 0.3 is 0 Å². The van der Waals surface area contributed by atoms with Gasteiger partial charge in [0.1, 0.15) is 5.82 Å². The van der Waals surface area contributed by atoms with E-state index in [0.717, 1.165) is 18.4 Å². The second kappa shape index (κ2) is 8.85. The van der Waals surface area contributed by atoms with Gasteiger partial charge in [0.2, 0.25) is 0 Å². The van der Waals surface area contributed by atoms with Gasteiger partial charge in [-0.3, -0.25) is 19.7 Å². The van der Waals surface area contributed by atoms with Crippen molar-refractivity contribution < 1.29 is 9.72 Å². The number of nitro benzene ring substituents is 1. The van der Waals surface area contributed by atoms with Crippen LogP contribution in [0.15, 0.2) is 59.4 Å². The standard InChI is InChI=1S/C23H21N7O4/c31-22-19-21(29(27-26-19)13-15-5-2-1-3-6-15)24-20(25-22)17-7-4-12-28(14-17)23(32)16-8-10-18(11-9-16)30(33)34/h1-3,5-6,8-11,17H,4,7,12-14H2,(H,24,25,31)/t17-/m1/s1. The van der Waals surface area contributed by atoms with Crippen LogP contribution in [0.5, 0.6) is 0 Å². The van der Waals surface area contributed by atoms with Gasteiger partial charge in [0, 0.05) is 36.7 Å². The third kappa shape index (κ3) is 4.15. The first-order chi connectivity index (χ1) is 16.5. The number of aromatic nitrogens is 5. The van der Waals surface area contributed by atoms with Crippen LogP contribution in [0.1, 0.15) is 40.5 Å². The zero-order valence-corrected chi connectivity index (χ0v) is 18.1. The summed E-state index contributed by atoms with van der Waals surface area (Å²) in [5.74, 6) is 0.127. The molecule has 0 unspecified atom stereocenters. The number of carbonyl (C=O) groups excluding carboxylic acids is 1. The van der Waals surface area contributed by atoms with Crippen molar-refractivity contribution in [1.29, 1.82) is 0 Å². The van der Waals surface area contributed by atoms with E-state index in [9.17, 15) is 19.7 Å². The minimum atomic E-state index is -0.499. The summed E-state index contributed by atoms with van der Waals surface area (Å²) in [6.07, 6.45) is 1.51. The average molecular weight is 459 g/mol. The van der Waals surface area contributed by atoms with E-state index in [4.69, 9.17) is 0 Å². The number of fused-ring (bicyclic) bond motifs is 1. The number of hydrogen-bond donors (Lipinski definition) is 1. The molecule has 34 heavy (non-hydrogen) atoms. The molecule has 1 atom stereocenters. The Bertz CT molecular complexity index is 1410. The first kappa shape index (κ1) is 21.4. The third-order valence-corrected chi connectivity index (χ3v) is 5.99. The maximum Gasteiger partial charge on any atom is 0.281 e. The van der Waals surface area contributed by atoms with Gasteiger partial charge in [0.25, 0.3) is 17.2 Å². The molecule has 1 fully saturated rings. The van der Waals surface area contributed by atoms with E-state index in [2.05, 4.69) is 20.3 Å². The molecule has 1 amide bonds. The van der Waals surface area contributed by atoms with Crippen LogP contribution in [0.4, 0.5) is 5.69 Å². The first-order valence-electron chi connectivity index (χ1n) is 10.9. The minimum absolute atomic E-state index is 0.0659. The maximum atomic E-state index is 13.0. The molecule has 11 nitrogen and oxygen atoms in total. The van der Waals surface area contributed by atoms with Crippen molar-refractivity contribution in [3.05, 3.63) is 92.0 Å². The predicted molar refractivity (Wildman–Crippen MR) is 122 cm³/mol. The molecular formula is C23H21N7O4. The summed E-state index contributed by atoms with van der Waals surface area (Å²) >= 11 is 0. The van der Waals surface area contributed by atoms with Crippen LogP contribution in [0.3, 0.4) is 0 Å². The average Bonchev–Trinajstić information content (AvgIpc) is 3.27. The number of likely N-dealkylation sites (tertiary alicyclic amines) is 1. The molecule has 1 N–H and O–H groups in total. The van der Waals surface area contributed by atoms with Crippen molar-refractivity contribution in [3.8, 4) is 0 Å². The van der Waals surface area contributed by atoms with Crippen LogP contribution < -0.4 is 5.56 Å². The summed E-state index contributed by atoms with van der Waals surface area (Å²) in [5, 5.41) is 19.0. The van der Waals surface area contributed by atoms with Gasteiger partial charge < -0.3 is 9.88 Å². The van der Waals surface area contributed by atoms with E-state index in [0.29, 0.717) is 36.7 Å². The topological polar surface area (TPSA) is 140 Å². The number of carbonyl (C=O) groups is 1. The van der Waals surface area contributed by atoms with Gasteiger partial charge in [-0.2, -0.15) is 0 Å². The normalized spacial score (nSPS) is 16.0. The largest absolute Gasteiger partial charge is 0.338 e. The number of non-ortho nitro benzene ring substituents is 1. The number of H-pyrrole nitrogens is 1. The van der Waals surface area contributed by atoms with Gasteiger partial charge in [-0.15, -0.1) is 5.10 Å². The molecular weight excluding hydrogens is 438 g/mol. The highest BCUT2D eigenvalue weighted by molar-refractivity contribution is 5.94. The summed E-state index contributed by atoms with van der Waals surface area (Å²) in [6, 6.07) is 15.3. The molecule has 0 bridgehead atoms. The molecule has 2 aromatic carbocycles. The monoisotopic (exact) mass is 459 g/mol. The molecule has 4 aromatic rings. The fourth-order valence-corrected chi connectivity index (χ4v) is 4.23. The Balaban J connectivity index is 1.39. The van der Waals surface area contributed by atoms with Gasteiger partial charge in [-0.1, -0.05) is 35.5 Å². The Hall–Kier alpha value is -4.41. The highest BCUT2D eigenvalue weighted by Gasteiger charge is 2.28. The van der Waals surface area contributed by atoms with Crippen molar-refractivity contribution in [2.24, 2.45) is 0 Å². The predicted octanol–water partition coefficient (Wildman–Crippen LogP) is 2.49.